The molecule has 1 N–H and O–H groups in total. The minimum Gasteiger partial charge on any atom is -0.371 e. The molecule has 2 heterocycles. The summed E-state index contributed by atoms with van der Waals surface area (Å²) in [5, 5.41) is 7.19. The van der Waals surface area contributed by atoms with E-state index in [1.54, 1.807) is 0 Å². The maximum Gasteiger partial charge on any atom is 0.139 e. The highest BCUT2D eigenvalue weighted by atomic mass is 16.5. The molecule has 1 aliphatic heterocycles. The number of hydrogen-bond acceptors (Lipinski definition) is 4. The molecule has 1 atom stereocenters. The fourth-order valence-electron chi connectivity index (χ4n) is 1.70. The van der Waals surface area contributed by atoms with Crippen molar-refractivity contribution >= 4 is 0 Å². The van der Waals surface area contributed by atoms with Crippen LogP contribution in [0.3, 0.4) is 0 Å². The van der Waals surface area contributed by atoms with Crippen molar-refractivity contribution < 1.29 is 9.26 Å². The normalized spacial score (nSPS) is 23.4. The van der Waals surface area contributed by atoms with E-state index in [1.807, 2.05) is 13.8 Å². The Hall–Kier alpha value is -0.870. The molecule has 0 aromatic carbocycles. The van der Waals surface area contributed by atoms with E-state index in [9.17, 15) is 0 Å². The van der Waals surface area contributed by atoms with Gasteiger partial charge in [0.2, 0.25) is 0 Å². The molecule has 0 amide bonds. The Labute approximate surface area is 77.2 Å². The van der Waals surface area contributed by atoms with Crippen molar-refractivity contribution in [2.24, 2.45) is 0 Å². The third kappa shape index (κ3) is 1.59. The van der Waals surface area contributed by atoms with Crippen LogP contribution in [0.4, 0.5) is 0 Å². The van der Waals surface area contributed by atoms with Gasteiger partial charge in [-0.15, -0.1) is 0 Å². The second-order valence-corrected chi connectivity index (χ2v) is 3.30. The van der Waals surface area contributed by atoms with Crippen molar-refractivity contribution in [2.75, 3.05) is 19.7 Å². The monoisotopic (exact) mass is 182 g/mol. The summed E-state index contributed by atoms with van der Waals surface area (Å²) < 4.78 is 10.7. The number of rotatable bonds is 1. The van der Waals surface area contributed by atoms with E-state index in [0.717, 1.165) is 36.7 Å². The van der Waals surface area contributed by atoms with Gasteiger partial charge in [0.15, 0.2) is 0 Å². The van der Waals surface area contributed by atoms with E-state index in [2.05, 4.69) is 10.5 Å². The first-order valence-electron chi connectivity index (χ1n) is 4.54. The van der Waals surface area contributed by atoms with Crippen LogP contribution in [0.15, 0.2) is 4.52 Å². The molecule has 0 saturated carbocycles. The van der Waals surface area contributed by atoms with E-state index in [0.29, 0.717) is 0 Å². The zero-order chi connectivity index (χ0) is 9.26. The minimum atomic E-state index is 0.111. The number of aryl methyl sites for hydroxylation is 2. The lowest BCUT2D eigenvalue weighted by molar-refractivity contribution is 0.0265. The average molecular weight is 182 g/mol. The maximum atomic E-state index is 5.62. The van der Waals surface area contributed by atoms with Crippen LogP contribution in [0.2, 0.25) is 0 Å². The third-order valence-corrected chi connectivity index (χ3v) is 2.34. The van der Waals surface area contributed by atoms with Gasteiger partial charge in [-0.1, -0.05) is 5.16 Å². The van der Waals surface area contributed by atoms with E-state index < -0.39 is 0 Å². The number of nitrogens with zero attached hydrogens (tertiary/aromatic N) is 1. The van der Waals surface area contributed by atoms with E-state index in [1.165, 1.54) is 0 Å². The highest BCUT2D eigenvalue weighted by molar-refractivity contribution is 5.24. The van der Waals surface area contributed by atoms with Crippen molar-refractivity contribution in [2.45, 2.75) is 20.0 Å². The van der Waals surface area contributed by atoms with Gasteiger partial charge >= 0.3 is 0 Å². The van der Waals surface area contributed by atoms with Gasteiger partial charge < -0.3 is 14.6 Å². The second-order valence-electron chi connectivity index (χ2n) is 3.30. The van der Waals surface area contributed by atoms with Crippen LogP contribution < -0.4 is 5.32 Å². The molecule has 4 nitrogen and oxygen atoms in total. The first-order valence-corrected chi connectivity index (χ1v) is 4.54. The lowest BCUT2D eigenvalue weighted by atomic mass is 10.1. The van der Waals surface area contributed by atoms with Crippen molar-refractivity contribution in [3.8, 4) is 0 Å². The predicted molar refractivity (Wildman–Crippen MR) is 47.5 cm³/mol. The number of ether oxygens (including phenoxy) is 1. The maximum absolute atomic E-state index is 5.62. The van der Waals surface area contributed by atoms with Gasteiger partial charge in [0.1, 0.15) is 11.9 Å². The van der Waals surface area contributed by atoms with Gasteiger partial charge in [-0.05, 0) is 13.8 Å². The molecular formula is C9H14N2O2. The summed E-state index contributed by atoms with van der Waals surface area (Å²) in [6.07, 6.45) is 0.111. The van der Waals surface area contributed by atoms with E-state index in [-0.39, 0.29) is 6.10 Å². The Morgan fingerprint density at radius 1 is 1.46 bits per heavy atom. The largest absolute Gasteiger partial charge is 0.371 e. The molecule has 72 valence electrons. The van der Waals surface area contributed by atoms with Gasteiger partial charge in [0.05, 0.1) is 12.3 Å². The molecule has 1 aromatic heterocycles. The molecule has 0 radical (unpaired) electrons. The van der Waals surface area contributed by atoms with Crippen molar-refractivity contribution in [1.29, 1.82) is 0 Å². The van der Waals surface area contributed by atoms with Gasteiger partial charge in [0, 0.05) is 18.7 Å². The van der Waals surface area contributed by atoms with Gasteiger partial charge in [-0.3, -0.25) is 0 Å². The molecule has 2 rings (SSSR count). The summed E-state index contributed by atoms with van der Waals surface area (Å²) in [4.78, 5) is 0. The van der Waals surface area contributed by atoms with Crippen LogP contribution >= 0.6 is 0 Å². The van der Waals surface area contributed by atoms with Crippen LogP contribution in [-0.4, -0.2) is 24.9 Å². The van der Waals surface area contributed by atoms with Crippen molar-refractivity contribution in [3.63, 3.8) is 0 Å². The molecule has 1 fully saturated rings. The standard InChI is InChI=1S/C9H14N2O2/c1-6-9(7(2)13-11-6)8-5-10-3-4-12-8/h8,10H,3-5H2,1-2H3. The Balaban J connectivity index is 2.22. The van der Waals surface area contributed by atoms with E-state index in [4.69, 9.17) is 9.26 Å². The quantitative estimate of drug-likeness (QED) is 0.702. The molecule has 0 spiro atoms. The molecule has 13 heavy (non-hydrogen) atoms. The van der Waals surface area contributed by atoms with Crippen molar-refractivity contribution in [3.05, 3.63) is 17.0 Å². The minimum absolute atomic E-state index is 0.111. The summed E-state index contributed by atoms with van der Waals surface area (Å²) in [6.45, 7) is 6.41. The lowest BCUT2D eigenvalue weighted by Gasteiger charge is -2.23. The van der Waals surface area contributed by atoms with Crippen LogP contribution in [0.1, 0.15) is 23.1 Å². The molecule has 1 aliphatic rings. The predicted octanol–water partition coefficient (Wildman–Crippen LogP) is 0.952. The van der Waals surface area contributed by atoms with Gasteiger partial charge in [-0.25, -0.2) is 0 Å². The summed E-state index contributed by atoms with van der Waals surface area (Å²) in [6, 6.07) is 0. The summed E-state index contributed by atoms with van der Waals surface area (Å²) in [5.41, 5.74) is 2.04. The molecule has 0 aliphatic carbocycles. The van der Waals surface area contributed by atoms with Crippen LogP contribution in [-0.2, 0) is 4.74 Å². The molecule has 1 aromatic rings. The first-order chi connectivity index (χ1) is 6.29. The fourth-order valence-corrected chi connectivity index (χ4v) is 1.70. The molecule has 1 unspecified atom stereocenters. The van der Waals surface area contributed by atoms with Crippen molar-refractivity contribution in [1.82, 2.24) is 10.5 Å². The fraction of sp³-hybridized carbons (Fsp3) is 0.667. The highest BCUT2D eigenvalue weighted by Gasteiger charge is 2.22. The Morgan fingerprint density at radius 3 is 2.85 bits per heavy atom. The number of morpholine rings is 1. The van der Waals surface area contributed by atoms with E-state index >= 15 is 0 Å². The highest BCUT2D eigenvalue weighted by Crippen LogP contribution is 2.24. The number of aromatic nitrogens is 1. The summed E-state index contributed by atoms with van der Waals surface area (Å²) in [5.74, 6) is 0.867. The van der Waals surface area contributed by atoms with Crippen LogP contribution in [0, 0.1) is 13.8 Å². The van der Waals surface area contributed by atoms with Gasteiger partial charge in [-0.2, -0.15) is 0 Å². The Morgan fingerprint density at radius 2 is 2.31 bits per heavy atom. The smallest absolute Gasteiger partial charge is 0.139 e. The van der Waals surface area contributed by atoms with Crippen LogP contribution in [0.25, 0.3) is 0 Å². The molecule has 4 heteroatoms. The number of hydrogen-bond donors (Lipinski definition) is 1. The first kappa shape index (κ1) is 8.72. The lowest BCUT2D eigenvalue weighted by Crippen LogP contribution is -2.33. The van der Waals surface area contributed by atoms with Gasteiger partial charge in [0.25, 0.3) is 0 Å². The Kier molecular flexibility index (Phi) is 2.33. The topological polar surface area (TPSA) is 47.3 Å². The zero-order valence-electron chi connectivity index (χ0n) is 7.96. The SMILES string of the molecule is Cc1noc(C)c1C1CNCCO1. The summed E-state index contributed by atoms with van der Waals surface area (Å²) in [7, 11) is 0. The second kappa shape index (κ2) is 3.47. The molecule has 0 bridgehead atoms. The molecule has 1 saturated heterocycles. The summed E-state index contributed by atoms with van der Waals surface area (Å²) >= 11 is 0. The number of nitrogens with one attached hydrogen (secondary N) is 1. The zero-order valence-corrected chi connectivity index (χ0v) is 7.96. The average Bonchev–Trinajstić information content (AvgIpc) is 2.48. The Bertz CT molecular complexity index is 270. The molecular weight excluding hydrogens is 168 g/mol. The third-order valence-electron chi connectivity index (χ3n) is 2.34. The van der Waals surface area contributed by atoms with Crippen LogP contribution in [0.5, 0.6) is 0 Å².